The number of fused-ring (bicyclic) bond motifs is 1. The van der Waals surface area contributed by atoms with Crippen molar-refractivity contribution in [3.63, 3.8) is 0 Å². The van der Waals surface area contributed by atoms with Crippen LogP contribution in [-0.4, -0.2) is 21.0 Å². The van der Waals surface area contributed by atoms with E-state index in [1.54, 1.807) is 18.2 Å². The lowest BCUT2D eigenvalue weighted by Crippen LogP contribution is -2.07. The molecule has 4 nitrogen and oxygen atoms in total. The second-order valence-electron chi connectivity index (χ2n) is 4.89. The van der Waals surface area contributed by atoms with Crippen LogP contribution in [0.25, 0.3) is 10.9 Å². The number of carbonyl (C=O) groups is 1. The first-order valence-electron chi connectivity index (χ1n) is 6.17. The first-order valence-corrected chi connectivity index (χ1v) is 6.54. The molecule has 0 radical (unpaired) electrons. The molecule has 100 valence electrons. The zero-order valence-corrected chi connectivity index (χ0v) is 11.6. The van der Waals surface area contributed by atoms with Gasteiger partial charge in [-0.3, -0.25) is 0 Å². The number of aromatic nitrogens is 2. The number of carboxylic acid groups (broad SMARTS) is 1. The predicted octanol–water partition coefficient (Wildman–Crippen LogP) is 3.57. The van der Waals surface area contributed by atoms with E-state index in [0.29, 0.717) is 34.1 Å². The van der Waals surface area contributed by atoms with Crippen LogP contribution in [0.4, 0.5) is 0 Å². The second kappa shape index (κ2) is 5.53. The molecule has 0 bridgehead atoms. The molecule has 1 N–H and O–H groups in total. The molecular formula is C14H15ClN2O2. The van der Waals surface area contributed by atoms with Crippen molar-refractivity contribution < 1.29 is 9.90 Å². The lowest BCUT2D eigenvalue weighted by molar-refractivity contribution is 0.0692. The van der Waals surface area contributed by atoms with Crippen LogP contribution in [0.3, 0.4) is 0 Å². The van der Waals surface area contributed by atoms with Crippen LogP contribution >= 0.6 is 11.6 Å². The third kappa shape index (κ3) is 3.20. The molecule has 5 heteroatoms. The van der Waals surface area contributed by atoms with Crippen LogP contribution in [-0.2, 0) is 6.42 Å². The van der Waals surface area contributed by atoms with Crippen molar-refractivity contribution in [2.45, 2.75) is 26.7 Å². The standard InChI is InChI=1S/C14H15ClN2O2/c1-8(2)3-6-12-16-11-7-9(15)4-5-10(11)13(17-12)14(18)19/h4-5,7-8H,3,6H2,1-2H3,(H,18,19). The molecule has 1 aromatic heterocycles. The highest BCUT2D eigenvalue weighted by atomic mass is 35.5. The molecule has 19 heavy (non-hydrogen) atoms. The van der Waals surface area contributed by atoms with Gasteiger partial charge in [0.1, 0.15) is 5.82 Å². The Balaban J connectivity index is 2.52. The molecule has 1 heterocycles. The van der Waals surface area contributed by atoms with Gasteiger partial charge >= 0.3 is 5.97 Å². The summed E-state index contributed by atoms with van der Waals surface area (Å²) in [6, 6.07) is 4.96. The summed E-state index contributed by atoms with van der Waals surface area (Å²) < 4.78 is 0. The average molecular weight is 279 g/mol. The van der Waals surface area contributed by atoms with Crippen molar-refractivity contribution in [1.82, 2.24) is 9.97 Å². The number of aryl methyl sites for hydroxylation is 1. The molecule has 0 unspecified atom stereocenters. The highest BCUT2D eigenvalue weighted by Gasteiger charge is 2.14. The minimum Gasteiger partial charge on any atom is -0.476 e. The first kappa shape index (κ1) is 13.7. The number of nitrogens with zero attached hydrogens (tertiary/aromatic N) is 2. The summed E-state index contributed by atoms with van der Waals surface area (Å²) in [5.41, 5.74) is 0.624. The zero-order valence-electron chi connectivity index (χ0n) is 10.9. The van der Waals surface area contributed by atoms with E-state index in [0.717, 1.165) is 6.42 Å². The molecule has 1 aromatic carbocycles. The summed E-state index contributed by atoms with van der Waals surface area (Å²) in [4.78, 5) is 19.8. The predicted molar refractivity (Wildman–Crippen MR) is 74.7 cm³/mol. The van der Waals surface area contributed by atoms with Crippen LogP contribution in [0, 0.1) is 5.92 Å². The van der Waals surface area contributed by atoms with Gasteiger partial charge in [-0.25, -0.2) is 14.8 Å². The third-order valence-electron chi connectivity index (χ3n) is 2.85. The first-order chi connectivity index (χ1) is 8.97. The van der Waals surface area contributed by atoms with Crippen molar-refractivity contribution in [2.75, 3.05) is 0 Å². The SMILES string of the molecule is CC(C)CCc1nc(C(=O)O)c2ccc(Cl)cc2n1. The van der Waals surface area contributed by atoms with E-state index < -0.39 is 5.97 Å². The number of hydrogen-bond acceptors (Lipinski definition) is 3. The number of aromatic carboxylic acids is 1. The monoisotopic (exact) mass is 278 g/mol. The molecule has 0 aliphatic rings. The van der Waals surface area contributed by atoms with Crippen molar-refractivity contribution in [1.29, 1.82) is 0 Å². The van der Waals surface area contributed by atoms with Crippen LogP contribution in [0.2, 0.25) is 5.02 Å². The molecule has 0 spiro atoms. The van der Waals surface area contributed by atoms with Gasteiger partial charge in [0.15, 0.2) is 5.69 Å². The normalized spacial score (nSPS) is 11.2. The molecule has 2 rings (SSSR count). The Hall–Kier alpha value is -1.68. The highest BCUT2D eigenvalue weighted by molar-refractivity contribution is 6.31. The molecule has 0 atom stereocenters. The smallest absolute Gasteiger partial charge is 0.355 e. The van der Waals surface area contributed by atoms with E-state index in [9.17, 15) is 9.90 Å². The molecule has 0 amide bonds. The summed E-state index contributed by atoms with van der Waals surface area (Å²) >= 11 is 5.92. The van der Waals surface area contributed by atoms with Crippen molar-refractivity contribution >= 4 is 28.5 Å². The number of benzene rings is 1. The van der Waals surface area contributed by atoms with Gasteiger partial charge in [-0.1, -0.05) is 25.4 Å². The molecular weight excluding hydrogens is 264 g/mol. The number of halogens is 1. The molecule has 2 aromatic rings. The quantitative estimate of drug-likeness (QED) is 0.929. The molecule has 0 aliphatic heterocycles. The van der Waals surface area contributed by atoms with E-state index in [1.165, 1.54) is 0 Å². The topological polar surface area (TPSA) is 63.1 Å². The molecule has 0 saturated carbocycles. The lowest BCUT2D eigenvalue weighted by Gasteiger charge is -2.07. The fourth-order valence-corrected chi connectivity index (χ4v) is 2.01. The fraction of sp³-hybridized carbons (Fsp3) is 0.357. The Morgan fingerprint density at radius 2 is 2.11 bits per heavy atom. The summed E-state index contributed by atoms with van der Waals surface area (Å²) in [5, 5.41) is 10.3. The van der Waals surface area contributed by atoms with E-state index in [2.05, 4.69) is 23.8 Å². The van der Waals surface area contributed by atoms with Crippen LogP contribution in [0.5, 0.6) is 0 Å². The maximum Gasteiger partial charge on any atom is 0.355 e. The number of rotatable bonds is 4. The van der Waals surface area contributed by atoms with Gasteiger partial charge < -0.3 is 5.11 Å². The Bertz CT molecular complexity index is 626. The Morgan fingerprint density at radius 3 is 2.74 bits per heavy atom. The van der Waals surface area contributed by atoms with Gasteiger partial charge in [0, 0.05) is 16.8 Å². The van der Waals surface area contributed by atoms with Gasteiger partial charge in [0.2, 0.25) is 0 Å². The molecule has 0 aliphatic carbocycles. The lowest BCUT2D eigenvalue weighted by atomic mass is 10.1. The van der Waals surface area contributed by atoms with Gasteiger partial charge in [-0.2, -0.15) is 0 Å². The minimum absolute atomic E-state index is 0.0421. The van der Waals surface area contributed by atoms with Crippen molar-refractivity contribution in [2.24, 2.45) is 5.92 Å². The minimum atomic E-state index is -1.04. The Labute approximate surface area is 116 Å². The number of hydrogen-bond donors (Lipinski definition) is 1. The summed E-state index contributed by atoms with van der Waals surface area (Å²) in [6.07, 6.45) is 1.59. The fourth-order valence-electron chi connectivity index (χ4n) is 1.84. The van der Waals surface area contributed by atoms with E-state index in [1.807, 2.05) is 0 Å². The summed E-state index contributed by atoms with van der Waals surface area (Å²) in [6.45, 7) is 4.21. The van der Waals surface area contributed by atoms with Crippen molar-refractivity contribution in [3.8, 4) is 0 Å². The summed E-state index contributed by atoms with van der Waals surface area (Å²) in [7, 11) is 0. The van der Waals surface area contributed by atoms with E-state index in [-0.39, 0.29) is 5.69 Å². The van der Waals surface area contributed by atoms with Crippen LogP contribution in [0.15, 0.2) is 18.2 Å². The van der Waals surface area contributed by atoms with E-state index >= 15 is 0 Å². The van der Waals surface area contributed by atoms with Crippen LogP contribution < -0.4 is 0 Å². The zero-order chi connectivity index (χ0) is 14.0. The second-order valence-corrected chi connectivity index (χ2v) is 5.32. The highest BCUT2D eigenvalue weighted by Crippen LogP contribution is 2.21. The van der Waals surface area contributed by atoms with Gasteiger partial charge in [0.05, 0.1) is 5.52 Å². The largest absolute Gasteiger partial charge is 0.476 e. The average Bonchev–Trinajstić information content (AvgIpc) is 2.34. The Kier molecular flexibility index (Phi) is 4.00. The van der Waals surface area contributed by atoms with Gasteiger partial charge in [-0.15, -0.1) is 0 Å². The maximum absolute atomic E-state index is 11.3. The molecule has 0 fully saturated rings. The molecule has 0 saturated heterocycles. The van der Waals surface area contributed by atoms with Gasteiger partial charge in [0.25, 0.3) is 0 Å². The van der Waals surface area contributed by atoms with E-state index in [4.69, 9.17) is 11.6 Å². The van der Waals surface area contributed by atoms with Crippen LogP contribution in [0.1, 0.15) is 36.6 Å². The third-order valence-corrected chi connectivity index (χ3v) is 3.09. The van der Waals surface area contributed by atoms with Gasteiger partial charge in [-0.05, 0) is 30.5 Å². The van der Waals surface area contributed by atoms with Crippen molar-refractivity contribution in [3.05, 3.63) is 34.7 Å². The number of carboxylic acids is 1. The summed E-state index contributed by atoms with van der Waals surface area (Å²) in [5.74, 6) is 0.0355. The Morgan fingerprint density at radius 1 is 1.37 bits per heavy atom. The maximum atomic E-state index is 11.3.